The minimum absolute atomic E-state index is 0.0119. The molecular formula is C13H16N2O5. The van der Waals surface area contributed by atoms with Gasteiger partial charge in [0.2, 0.25) is 5.91 Å². The number of nitro groups is 1. The molecule has 0 aromatic heterocycles. The van der Waals surface area contributed by atoms with Crippen LogP contribution in [0, 0.1) is 17.0 Å². The number of unbranched alkanes of at least 4 members (excludes halogenated alkanes) is 1. The zero-order valence-corrected chi connectivity index (χ0v) is 11.1. The quantitative estimate of drug-likeness (QED) is 0.453. The van der Waals surface area contributed by atoms with E-state index in [4.69, 9.17) is 5.11 Å². The number of carbonyl (C=O) groups excluding carboxylic acids is 1. The summed E-state index contributed by atoms with van der Waals surface area (Å²) in [6, 6.07) is 4.55. The molecule has 0 atom stereocenters. The minimum atomic E-state index is -0.903. The molecule has 1 aromatic rings. The summed E-state index contributed by atoms with van der Waals surface area (Å²) in [5, 5.41) is 21.8. The van der Waals surface area contributed by atoms with Gasteiger partial charge in [-0.25, -0.2) is 0 Å². The number of benzene rings is 1. The Kier molecular flexibility index (Phi) is 5.64. The minimum Gasteiger partial charge on any atom is -0.481 e. The van der Waals surface area contributed by atoms with Gasteiger partial charge in [-0.05, 0) is 31.4 Å². The normalized spacial score (nSPS) is 10.1. The van der Waals surface area contributed by atoms with Gasteiger partial charge in [-0.3, -0.25) is 19.7 Å². The number of nitrogens with one attached hydrogen (secondary N) is 1. The molecule has 0 fully saturated rings. The molecule has 0 aliphatic carbocycles. The molecule has 2 N–H and O–H groups in total. The molecule has 0 aliphatic heterocycles. The number of amides is 1. The number of hydrogen-bond donors (Lipinski definition) is 2. The maximum Gasteiger partial charge on any atom is 0.303 e. The van der Waals surface area contributed by atoms with Crippen molar-refractivity contribution in [1.82, 2.24) is 0 Å². The number of carbonyl (C=O) groups is 2. The molecule has 0 saturated heterocycles. The number of nitro benzene ring substituents is 1. The van der Waals surface area contributed by atoms with Crippen LogP contribution in [0.2, 0.25) is 0 Å². The van der Waals surface area contributed by atoms with Crippen LogP contribution in [0.3, 0.4) is 0 Å². The highest BCUT2D eigenvalue weighted by atomic mass is 16.6. The van der Waals surface area contributed by atoms with Gasteiger partial charge in [-0.15, -0.1) is 0 Å². The predicted octanol–water partition coefficient (Wildman–Crippen LogP) is 2.49. The van der Waals surface area contributed by atoms with Crippen molar-refractivity contribution in [3.8, 4) is 0 Å². The molecule has 7 heteroatoms. The second kappa shape index (κ2) is 7.22. The van der Waals surface area contributed by atoms with E-state index in [1.165, 1.54) is 12.1 Å². The van der Waals surface area contributed by atoms with Crippen molar-refractivity contribution < 1.29 is 19.6 Å². The van der Waals surface area contributed by atoms with E-state index in [2.05, 4.69) is 5.32 Å². The van der Waals surface area contributed by atoms with Crippen molar-refractivity contribution >= 4 is 23.3 Å². The van der Waals surface area contributed by atoms with Crippen molar-refractivity contribution in [2.75, 3.05) is 5.32 Å². The zero-order chi connectivity index (χ0) is 15.1. The second-order valence-electron chi connectivity index (χ2n) is 4.43. The first-order valence-electron chi connectivity index (χ1n) is 6.17. The third-order valence-electron chi connectivity index (χ3n) is 2.67. The summed E-state index contributed by atoms with van der Waals surface area (Å²) >= 11 is 0. The number of carboxylic acid groups (broad SMARTS) is 1. The van der Waals surface area contributed by atoms with Crippen LogP contribution in [-0.4, -0.2) is 21.9 Å². The zero-order valence-electron chi connectivity index (χ0n) is 11.1. The molecule has 1 rings (SSSR count). The molecule has 1 aromatic carbocycles. The Morgan fingerprint density at radius 3 is 2.55 bits per heavy atom. The van der Waals surface area contributed by atoms with E-state index in [0.717, 1.165) is 5.56 Å². The van der Waals surface area contributed by atoms with E-state index in [-0.39, 0.29) is 30.1 Å². The number of rotatable bonds is 7. The molecule has 0 heterocycles. The summed E-state index contributed by atoms with van der Waals surface area (Å²) in [6.45, 7) is 1.73. The summed E-state index contributed by atoms with van der Waals surface area (Å²) < 4.78 is 0. The Labute approximate surface area is 115 Å². The maximum absolute atomic E-state index is 11.6. The first kappa shape index (κ1) is 15.6. The van der Waals surface area contributed by atoms with E-state index < -0.39 is 10.9 Å². The molecule has 0 saturated carbocycles. The van der Waals surface area contributed by atoms with E-state index in [9.17, 15) is 19.7 Å². The van der Waals surface area contributed by atoms with Gasteiger partial charge in [0.25, 0.3) is 5.69 Å². The van der Waals surface area contributed by atoms with Crippen LogP contribution in [0.5, 0.6) is 0 Å². The second-order valence-corrected chi connectivity index (χ2v) is 4.43. The number of nitrogens with zero attached hydrogens (tertiary/aromatic N) is 1. The third-order valence-corrected chi connectivity index (χ3v) is 2.67. The van der Waals surface area contributed by atoms with Crippen LogP contribution in [0.15, 0.2) is 18.2 Å². The third kappa shape index (κ3) is 5.05. The Bertz CT molecular complexity index is 527. The Morgan fingerprint density at radius 2 is 1.95 bits per heavy atom. The molecule has 108 valence electrons. The lowest BCUT2D eigenvalue weighted by atomic mass is 10.1. The van der Waals surface area contributed by atoms with Crippen molar-refractivity contribution in [2.45, 2.75) is 32.6 Å². The highest BCUT2D eigenvalue weighted by Crippen LogP contribution is 2.25. The molecular weight excluding hydrogens is 264 g/mol. The number of anilines is 1. The highest BCUT2D eigenvalue weighted by molar-refractivity contribution is 5.93. The average molecular weight is 280 g/mol. The first-order valence-corrected chi connectivity index (χ1v) is 6.17. The lowest BCUT2D eigenvalue weighted by Gasteiger charge is -2.06. The number of aliphatic carboxylic acids is 1. The summed E-state index contributed by atoms with van der Waals surface area (Å²) in [6.07, 6.45) is 0.979. The predicted molar refractivity (Wildman–Crippen MR) is 72.6 cm³/mol. The van der Waals surface area contributed by atoms with Crippen molar-refractivity contribution in [2.24, 2.45) is 0 Å². The fourth-order valence-corrected chi connectivity index (χ4v) is 1.67. The maximum atomic E-state index is 11.6. The molecule has 0 spiro atoms. The number of carboxylic acids is 1. The summed E-state index contributed by atoms with van der Waals surface area (Å²) in [5.41, 5.74) is 0.740. The van der Waals surface area contributed by atoms with Crippen LogP contribution in [0.25, 0.3) is 0 Å². The van der Waals surface area contributed by atoms with E-state index >= 15 is 0 Å². The van der Waals surface area contributed by atoms with E-state index in [1.54, 1.807) is 13.0 Å². The van der Waals surface area contributed by atoms with Gasteiger partial charge in [-0.1, -0.05) is 6.07 Å². The summed E-state index contributed by atoms with van der Waals surface area (Å²) in [4.78, 5) is 32.3. The smallest absolute Gasteiger partial charge is 0.303 e. The number of hydrogen-bond acceptors (Lipinski definition) is 4. The summed E-state index contributed by atoms with van der Waals surface area (Å²) in [7, 11) is 0. The van der Waals surface area contributed by atoms with Crippen LogP contribution < -0.4 is 5.32 Å². The van der Waals surface area contributed by atoms with Crippen LogP contribution in [-0.2, 0) is 9.59 Å². The topological polar surface area (TPSA) is 110 Å². The Hall–Kier alpha value is -2.44. The largest absolute Gasteiger partial charge is 0.481 e. The van der Waals surface area contributed by atoms with Crippen molar-refractivity contribution in [3.63, 3.8) is 0 Å². The molecule has 0 aliphatic rings. The van der Waals surface area contributed by atoms with E-state index in [1.807, 2.05) is 0 Å². The Balaban J connectivity index is 2.57. The molecule has 20 heavy (non-hydrogen) atoms. The molecule has 0 bridgehead atoms. The van der Waals surface area contributed by atoms with Crippen LogP contribution in [0.4, 0.5) is 11.4 Å². The number of aryl methyl sites for hydroxylation is 1. The van der Waals surface area contributed by atoms with Crippen LogP contribution in [0.1, 0.15) is 31.2 Å². The van der Waals surface area contributed by atoms with Crippen molar-refractivity contribution in [3.05, 3.63) is 33.9 Å². The van der Waals surface area contributed by atoms with Crippen LogP contribution >= 0.6 is 0 Å². The summed E-state index contributed by atoms with van der Waals surface area (Å²) in [5.74, 6) is -1.26. The van der Waals surface area contributed by atoms with Crippen molar-refractivity contribution in [1.29, 1.82) is 0 Å². The van der Waals surface area contributed by atoms with Gasteiger partial charge in [0.1, 0.15) is 5.69 Å². The highest BCUT2D eigenvalue weighted by Gasteiger charge is 2.15. The monoisotopic (exact) mass is 280 g/mol. The molecule has 1 amide bonds. The Morgan fingerprint density at radius 1 is 1.30 bits per heavy atom. The lowest BCUT2D eigenvalue weighted by Crippen LogP contribution is -2.12. The fraction of sp³-hybridized carbons (Fsp3) is 0.385. The standard InChI is InChI=1S/C13H16N2O5/c1-9-6-7-10(11(8-9)15(19)20)14-12(16)4-2-3-5-13(17)18/h6-8H,2-5H2,1H3,(H,14,16)(H,17,18). The molecule has 7 nitrogen and oxygen atoms in total. The molecule has 0 radical (unpaired) electrons. The molecule has 0 unspecified atom stereocenters. The fourth-order valence-electron chi connectivity index (χ4n) is 1.67. The van der Waals surface area contributed by atoms with Gasteiger partial charge in [0.15, 0.2) is 0 Å². The van der Waals surface area contributed by atoms with Gasteiger partial charge in [0, 0.05) is 18.9 Å². The van der Waals surface area contributed by atoms with Gasteiger partial charge in [0.05, 0.1) is 4.92 Å². The van der Waals surface area contributed by atoms with Gasteiger partial charge < -0.3 is 10.4 Å². The van der Waals surface area contributed by atoms with E-state index in [0.29, 0.717) is 12.8 Å². The van der Waals surface area contributed by atoms with Gasteiger partial charge >= 0.3 is 5.97 Å². The van der Waals surface area contributed by atoms with Gasteiger partial charge in [-0.2, -0.15) is 0 Å². The lowest BCUT2D eigenvalue weighted by molar-refractivity contribution is -0.384. The first-order chi connectivity index (χ1) is 9.40. The SMILES string of the molecule is Cc1ccc(NC(=O)CCCCC(=O)O)c([N+](=O)[O-])c1. The average Bonchev–Trinajstić information content (AvgIpc) is 2.36.